The molecule has 2 atom stereocenters. The number of anilines is 1. The second kappa shape index (κ2) is 5.75. The fraction of sp³-hybridized carbons (Fsp3) is 0.625. The van der Waals surface area contributed by atoms with Crippen LogP contribution in [0, 0.1) is 11.8 Å². The van der Waals surface area contributed by atoms with E-state index in [0.29, 0.717) is 28.0 Å². The normalized spacial score (nSPS) is 27.1. The van der Waals surface area contributed by atoms with Crippen LogP contribution < -0.4 is 10.2 Å². The fourth-order valence-electron chi connectivity index (χ4n) is 3.20. The van der Waals surface area contributed by atoms with E-state index in [9.17, 15) is 0 Å². The Labute approximate surface area is 131 Å². The zero-order chi connectivity index (χ0) is 14.3. The van der Waals surface area contributed by atoms with Gasteiger partial charge >= 0.3 is 0 Å². The minimum atomic E-state index is 0.473. The van der Waals surface area contributed by atoms with E-state index >= 15 is 0 Å². The maximum Gasteiger partial charge on any atom is 0.0825 e. The molecule has 2 aliphatic rings. The molecule has 3 rings (SSSR count). The maximum atomic E-state index is 6.45. The smallest absolute Gasteiger partial charge is 0.0825 e. The number of nitrogens with one attached hydrogen (secondary N) is 1. The monoisotopic (exact) mass is 312 g/mol. The summed E-state index contributed by atoms with van der Waals surface area (Å²) in [6.07, 6.45) is 2.72. The maximum absolute atomic E-state index is 6.45. The van der Waals surface area contributed by atoms with E-state index in [2.05, 4.69) is 30.1 Å². The van der Waals surface area contributed by atoms with E-state index in [1.54, 1.807) is 0 Å². The van der Waals surface area contributed by atoms with Gasteiger partial charge in [0.05, 0.1) is 15.7 Å². The summed E-state index contributed by atoms with van der Waals surface area (Å²) < 4.78 is 0. The van der Waals surface area contributed by atoms with Gasteiger partial charge in [-0.15, -0.1) is 0 Å². The Hall–Kier alpha value is -0.440. The minimum absolute atomic E-state index is 0.473. The van der Waals surface area contributed by atoms with E-state index in [0.717, 1.165) is 24.7 Å². The third kappa shape index (κ3) is 2.79. The highest BCUT2D eigenvalue weighted by atomic mass is 35.5. The van der Waals surface area contributed by atoms with E-state index in [-0.39, 0.29) is 0 Å². The van der Waals surface area contributed by atoms with Crippen molar-refractivity contribution in [3.05, 3.63) is 28.2 Å². The number of hydrogen-bond donors (Lipinski definition) is 1. The van der Waals surface area contributed by atoms with Crippen molar-refractivity contribution in [2.45, 2.75) is 38.8 Å². The van der Waals surface area contributed by atoms with Crippen LogP contribution in [0.1, 0.15) is 26.7 Å². The van der Waals surface area contributed by atoms with Gasteiger partial charge in [-0.2, -0.15) is 0 Å². The molecule has 0 amide bonds. The van der Waals surface area contributed by atoms with Gasteiger partial charge in [-0.25, -0.2) is 0 Å². The van der Waals surface area contributed by atoms with E-state index in [4.69, 9.17) is 23.2 Å². The molecule has 1 aromatic rings. The first-order valence-corrected chi connectivity index (χ1v) is 8.27. The summed E-state index contributed by atoms with van der Waals surface area (Å²) in [6, 6.07) is 7.02. The predicted octanol–water partition coefficient (Wildman–Crippen LogP) is 4.21. The molecule has 20 heavy (non-hydrogen) atoms. The van der Waals surface area contributed by atoms with Crippen LogP contribution in [0.3, 0.4) is 0 Å². The lowest BCUT2D eigenvalue weighted by molar-refractivity contribution is 0.320. The molecule has 1 saturated carbocycles. The van der Waals surface area contributed by atoms with Crippen molar-refractivity contribution in [3.8, 4) is 0 Å². The highest BCUT2D eigenvalue weighted by Crippen LogP contribution is 2.39. The molecule has 2 fully saturated rings. The van der Waals surface area contributed by atoms with Crippen molar-refractivity contribution >= 4 is 28.9 Å². The molecule has 1 N–H and O–H groups in total. The molecule has 2 nitrogen and oxygen atoms in total. The average molecular weight is 313 g/mol. The molecule has 2 unspecified atom stereocenters. The summed E-state index contributed by atoms with van der Waals surface area (Å²) in [7, 11) is 0. The lowest BCUT2D eigenvalue weighted by Gasteiger charge is -2.44. The zero-order valence-electron chi connectivity index (χ0n) is 12.1. The topological polar surface area (TPSA) is 15.3 Å². The average Bonchev–Trinajstić information content (AvgIpc) is 3.25. The molecule has 1 aliphatic carbocycles. The number of nitrogens with zero attached hydrogens (tertiary/aromatic N) is 1. The number of hydrogen-bond acceptors (Lipinski definition) is 2. The zero-order valence-corrected chi connectivity index (χ0v) is 13.6. The van der Waals surface area contributed by atoms with Crippen LogP contribution in [-0.4, -0.2) is 25.2 Å². The van der Waals surface area contributed by atoms with E-state index in [1.165, 1.54) is 12.8 Å². The van der Waals surface area contributed by atoms with Gasteiger partial charge in [0.15, 0.2) is 0 Å². The quantitative estimate of drug-likeness (QED) is 0.899. The molecule has 1 heterocycles. The lowest BCUT2D eigenvalue weighted by atomic mass is 9.96. The highest BCUT2D eigenvalue weighted by molar-refractivity contribution is 6.43. The van der Waals surface area contributed by atoms with E-state index in [1.807, 2.05) is 12.1 Å². The Morgan fingerprint density at radius 3 is 2.65 bits per heavy atom. The summed E-state index contributed by atoms with van der Waals surface area (Å²) in [4.78, 5) is 2.47. The fourth-order valence-corrected chi connectivity index (χ4v) is 3.60. The van der Waals surface area contributed by atoms with Gasteiger partial charge in [0.1, 0.15) is 0 Å². The number of halogens is 2. The molecular weight excluding hydrogens is 291 g/mol. The number of benzene rings is 1. The third-order valence-corrected chi connectivity index (χ3v) is 5.39. The molecule has 1 aliphatic heterocycles. The first-order valence-electron chi connectivity index (χ1n) is 7.52. The highest BCUT2D eigenvalue weighted by Gasteiger charge is 2.38. The molecule has 110 valence electrons. The first kappa shape index (κ1) is 14.5. The molecule has 0 aromatic heterocycles. The van der Waals surface area contributed by atoms with Gasteiger partial charge in [0.25, 0.3) is 0 Å². The molecule has 0 radical (unpaired) electrons. The van der Waals surface area contributed by atoms with Crippen LogP contribution in [0.4, 0.5) is 5.69 Å². The molecule has 4 heteroatoms. The van der Waals surface area contributed by atoms with Crippen molar-refractivity contribution in [2.75, 3.05) is 18.0 Å². The van der Waals surface area contributed by atoms with Gasteiger partial charge in [-0.1, -0.05) is 43.1 Å². The van der Waals surface area contributed by atoms with Gasteiger partial charge in [0, 0.05) is 25.2 Å². The first-order chi connectivity index (χ1) is 9.58. The summed E-state index contributed by atoms with van der Waals surface area (Å²) in [6.45, 7) is 6.61. The summed E-state index contributed by atoms with van der Waals surface area (Å²) >= 11 is 12.6. The van der Waals surface area contributed by atoms with Crippen LogP contribution in [0.5, 0.6) is 0 Å². The molecule has 0 spiro atoms. The molecule has 0 bridgehead atoms. The Bertz CT molecular complexity index is 485. The minimum Gasteiger partial charge on any atom is -0.364 e. The summed E-state index contributed by atoms with van der Waals surface area (Å²) in [5.41, 5.74) is 1.09. The van der Waals surface area contributed by atoms with Crippen LogP contribution in [0.2, 0.25) is 10.0 Å². The largest absolute Gasteiger partial charge is 0.364 e. The number of piperazine rings is 1. The van der Waals surface area contributed by atoms with E-state index < -0.39 is 0 Å². The Balaban J connectivity index is 1.90. The Morgan fingerprint density at radius 2 is 2.00 bits per heavy atom. The second-order valence-electron chi connectivity index (χ2n) is 6.39. The Kier molecular flexibility index (Phi) is 4.16. The van der Waals surface area contributed by atoms with Crippen LogP contribution in [0.15, 0.2) is 18.2 Å². The molecular formula is C16H22Cl2N2. The van der Waals surface area contributed by atoms with Crippen molar-refractivity contribution in [1.82, 2.24) is 5.32 Å². The van der Waals surface area contributed by atoms with Crippen LogP contribution in [-0.2, 0) is 0 Å². The van der Waals surface area contributed by atoms with Gasteiger partial charge in [-0.3, -0.25) is 0 Å². The van der Waals surface area contributed by atoms with Crippen molar-refractivity contribution in [3.63, 3.8) is 0 Å². The molecule has 1 saturated heterocycles. The van der Waals surface area contributed by atoms with Crippen LogP contribution in [0.25, 0.3) is 0 Å². The third-order valence-electron chi connectivity index (χ3n) is 4.58. The number of rotatable bonds is 3. The SMILES string of the molecule is CC(C)C1CNC(C2CC2)CN1c1cccc(Cl)c1Cl. The Morgan fingerprint density at radius 1 is 1.25 bits per heavy atom. The van der Waals surface area contributed by atoms with Crippen molar-refractivity contribution < 1.29 is 0 Å². The second-order valence-corrected chi connectivity index (χ2v) is 7.17. The lowest BCUT2D eigenvalue weighted by Crippen LogP contribution is -2.59. The van der Waals surface area contributed by atoms with Gasteiger partial charge in [-0.05, 0) is 36.8 Å². The summed E-state index contributed by atoms with van der Waals surface area (Å²) in [5.74, 6) is 1.43. The van der Waals surface area contributed by atoms with Crippen molar-refractivity contribution in [1.29, 1.82) is 0 Å². The van der Waals surface area contributed by atoms with Crippen molar-refractivity contribution in [2.24, 2.45) is 11.8 Å². The molecule has 1 aromatic carbocycles. The van der Waals surface area contributed by atoms with Gasteiger partial charge < -0.3 is 10.2 Å². The van der Waals surface area contributed by atoms with Crippen LogP contribution >= 0.6 is 23.2 Å². The predicted molar refractivity (Wildman–Crippen MR) is 86.9 cm³/mol. The standard InChI is InChI=1S/C16H22Cl2N2/c1-10(2)15-8-19-13(11-6-7-11)9-20(15)14-5-3-4-12(17)16(14)18/h3-5,10-11,13,15,19H,6-9H2,1-2H3. The summed E-state index contributed by atoms with van der Waals surface area (Å²) in [5, 5.41) is 5.07. The van der Waals surface area contributed by atoms with Gasteiger partial charge in [0.2, 0.25) is 0 Å².